The average Bonchev–Trinajstić information content (AvgIpc) is 3.59. The Balaban J connectivity index is 1.06. The SMILES string of the molecule is O=C(Cc1c[nH]c2ccccc12)NCCNC(=O)c1nc(CCn2ccc3ccccc32)no1. The van der Waals surface area contributed by atoms with Gasteiger partial charge >= 0.3 is 11.8 Å². The number of carbonyl (C=O) groups excluding carboxylic acids is 2. The lowest BCUT2D eigenvalue weighted by Crippen LogP contribution is -2.35. The van der Waals surface area contributed by atoms with Crippen LogP contribution in [0, 0.1) is 0 Å². The summed E-state index contributed by atoms with van der Waals surface area (Å²) in [6.45, 7) is 1.23. The summed E-state index contributed by atoms with van der Waals surface area (Å²) in [5.41, 5.74) is 3.07. The maximum atomic E-state index is 12.3. The lowest BCUT2D eigenvalue weighted by molar-refractivity contribution is -0.120. The van der Waals surface area contributed by atoms with Crippen molar-refractivity contribution in [1.29, 1.82) is 0 Å². The summed E-state index contributed by atoms with van der Waals surface area (Å²) >= 11 is 0. The Morgan fingerprint density at radius 2 is 1.82 bits per heavy atom. The van der Waals surface area contributed by atoms with Gasteiger partial charge < -0.3 is 24.7 Å². The molecule has 0 radical (unpaired) electrons. The minimum Gasteiger partial charge on any atom is -0.361 e. The number of nitrogens with zero attached hydrogens (tertiary/aromatic N) is 3. The Kier molecular flexibility index (Phi) is 6.07. The molecule has 0 unspecified atom stereocenters. The van der Waals surface area contributed by atoms with E-state index in [4.69, 9.17) is 4.52 Å². The van der Waals surface area contributed by atoms with Crippen LogP contribution in [0.3, 0.4) is 0 Å². The molecule has 2 aromatic carbocycles. The predicted molar refractivity (Wildman–Crippen MR) is 127 cm³/mol. The summed E-state index contributed by atoms with van der Waals surface area (Å²) in [7, 11) is 0. The second-order valence-electron chi connectivity index (χ2n) is 7.98. The molecule has 5 aromatic rings. The van der Waals surface area contributed by atoms with Crippen LogP contribution in [0.4, 0.5) is 0 Å². The zero-order valence-electron chi connectivity index (χ0n) is 18.5. The Morgan fingerprint density at radius 1 is 1.00 bits per heavy atom. The topological polar surface area (TPSA) is 118 Å². The van der Waals surface area contributed by atoms with Gasteiger partial charge in [0.05, 0.1) is 6.42 Å². The molecule has 2 amide bonds. The maximum Gasteiger partial charge on any atom is 0.315 e. The van der Waals surface area contributed by atoms with Crippen molar-refractivity contribution in [2.45, 2.75) is 19.4 Å². The quantitative estimate of drug-likeness (QED) is 0.295. The first-order chi connectivity index (χ1) is 16.7. The third-order valence-electron chi connectivity index (χ3n) is 5.68. The number of fused-ring (bicyclic) bond motifs is 2. The molecule has 0 saturated carbocycles. The van der Waals surface area contributed by atoms with Gasteiger partial charge in [0.15, 0.2) is 5.82 Å². The molecule has 3 heterocycles. The Morgan fingerprint density at radius 3 is 2.76 bits per heavy atom. The van der Waals surface area contributed by atoms with Crippen molar-refractivity contribution in [2.24, 2.45) is 0 Å². The Hall–Kier alpha value is -4.40. The third kappa shape index (κ3) is 4.68. The molecule has 3 N–H and O–H groups in total. The van der Waals surface area contributed by atoms with E-state index in [1.807, 2.05) is 48.8 Å². The largest absolute Gasteiger partial charge is 0.361 e. The molecule has 0 fully saturated rings. The van der Waals surface area contributed by atoms with Crippen molar-refractivity contribution in [2.75, 3.05) is 13.1 Å². The van der Waals surface area contributed by atoms with Crippen molar-refractivity contribution in [3.63, 3.8) is 0 Å². The van der Waals surface area contributed by atoms with Crippen LogP contribution in [-0.4, -0.2) is 44.6 Å². The first-order valence-corrected chi connectivity index (χ1v) is 11.1. The second-order valence-corrected chi connectivity index (χ2v) is 7.98. The number of benzene rings is 2. The minimum absolute atomic E-state index is 0.0857. The van der Waals surface area contributed by atoms with Crippen LogP contribution in [0.1, 0.15) is 22.1 Å². The number of hydrogen-bond acceptors (Lipinski definition) is 5. The van der Waals surface area contributed by atoms with Gasteiger partial charge in [-0.3, -0.25) is 9.59 Å². The number of aromatic nitrogens is 4. The molecule has 0 atom stereocenters. The van der Waals surface area contributed by atoms with Gasteiger partial charge in [-0.05, 0) is 29.1 Å². The van der Waals surface area contributed by atoms with E-state index in [-0.39, 0.29) is 24.8 Å². The lowest BCUT2D eigenvalue weighted by Gasteiger charge is -2.05. The van der Waals surface area contributed by atoms with Gasteiger partial charge in [0.25, 0.3) is 0 Å². The molecule has 0 aliphatic carbocycles. The van der Waals surface area contributed by atoms with E-state index in [1.54, 1.807) is 0 Å². The number of H-pyrrole nitrogens is 1. The fourth-order valence-corrected chi connectivity index (χ4v) is 3.97. The number of aryl methyl sites for hydroxylation is 2. The average molecular weight is 457 g/mol. The van der Waals surface area contributed by atoms with Crippen LogP contribution in [0.25, 0.3) is 21.8 Å². The molecule has 9 nitrogen and oxygen atoms in total. The Bertz CT molecular complexity index is 1450. The second kappa shape index (κ2) is 9.62. The van der Waals surface area contributed by atoms with Crippen molar-refractivity contribution in [1.82, 2.24) is 30.3 Å². The first-order valence-electron chi connectivity index (χ1n) is 11.1. The van der Waals surface area contributed by atoms with Gasteiger partial charge in [-0.2, -0.15) is 4.98 Å². The predicted octanol–water partition coefficient (Wildman–Crippen LogP) is 2.84. The van der Waals surface area contributed by atoms with Gasteiger partial charge in [0.2, 0.25) is 5.91 Å². The highest BCUT2D eigenvalue weighted by Crippen LogP contribution is 2.18. The highest BCUT2D eigenvalue weighted by Gasteiger charge is 2.15. The van der Waals surface area contributed by atoms with E-state index in [9.17, 15) is 9.59 Å². The van der Waals surface area contributed by atoms with E-state index >= 15 is 0 Å². The summed E-state index contributed by atoms with van der Waals surface area (Å²) in [6, 6.07) is 18.0. The molecule has 0 bridgehead atoms. The van der Waals surface area contributed by atoms with Gasteiger partial charge in [-0.25, -0.2) is 0 Å². The summed E-state index contributed by atoms with van der Waals surface area (Å²) < 4.78 is 7.22. The van der Waals surface area contributed by atoms with Crippen molar-refractivity contribution in [3.8, 4) is 0 Å². The highest BCUT2D eigenvalue weighted by molar-refractivity contribution is 5.90. The molecule has 0 aliphatic heterocycles. The number of hydrogen-bond donors (Lipinski definition) is 3. The highest BCUT2D eigenvalue weighted by atomic mass is 16.5. The molecule has 0 spiro atoms. The molecular formula is C25H24N6O3. The minimum atomic E-state index is -0.462. The van der Waals surface area contributed by atoms with Gasteiger partial charge in [-0.15, -0.1) is 0 Å². The number of nitrogens with one attached hydrogen (secondary N) is 3. The van der Waals surface area contributed by atoms with Crippen LogP contribution in [0.5, 0.6) is 0 Å². The molecule has 3 aromatic heterocycles. The first kappa shape index (κ1) is 21.4. The number of rotatable bonds is 9. The van der Waals surface area contributed by atoms with Crippen LogP contribution >= 0.6 is 0 Å². The van der Waals surface area contributed by atoms with Crippen LogP contribution in [0.15, 0.2) is 71.5 Å². The van der Waals surface area contributed by atoms with Crippen molar-refractivity contribution >= 4 is 33.6 Å². The van der Waals surface area contributed by atoms with Crippen molar-refractivity contribution in [3.05, 3.63) is 84.3 Å². The van der Waals surface area contributed by atoms with Gasteiger partial charge in [0, 0.05) is 54.9 Å². The van der Waals surface area contributed by atoms with Crippen LogP contribution < -0.4 is 10.6 Å². The monoisotopic (exact) mass is 456 g/mol. The Labute approximate surface area is 195 Å². The summed E-state index contributed by atoms with van der Waals surface area (Å²) in [4.78, 5) is 31.9. The standard InChI is InChI=1S/C25H24N6O3/c32-23(15-18-16-28-20-7-3-2-6-19(18)20)26-11-12-27-24(33)25-29-22(30-34-25)10-14-31-13-9-17-5-1-4-8-21(17)31/h1-9,13,16,28H,10-12,14-15H2,(H,26,32)(H,27,33). The van der Waals surface area contributed by atoms with Gasteiger partial charge in [0.1, 0.15) is 0 Å². The molecular weight excluding hydrogens is 432 g/mol. The van der Waals surface area contributed by atoms with E-state index < -0.39 is 5.91 Å². The normalized spacial score (nSPS) is 11.2. The molecule has 5 rings (SSSR count). The number of aromatic amines is 1. The third-order valence-corrected chi connectivity index (χ3v) is 5.68. The van der Waals surface area contributed by atoms with Crippen LogP contribution in [-0.2, 0) is 24.2 Å². The fraction of sp³-hybridized carbons (Fsp3) is 0.200. The molecule has 0 aliphatic rings. The van der Waals surface area contributed by atoms with E-state index in [0.29, 0.717) is 25.3 Å². The zero-order chi connectivity index (χ0) is 23.3. The van der Waals surface area contributed by atoms with E-state index in [1.165, 1.54) is 5.39 Å². The molecule has 9 heteroatoms. The van der Waals surface area contributed by atoms with E-state index in [0.717, 1.165) is 22.0 Å². The summed E-state index contributed by atoms with van der Waals surface area (Å²) in [5.74, 6) is -0.194. The van der Waals surface area contributed by atoms with E-state index in [2.05, 4.69) is 48.5 Å². The molecule has 34 heavy (non-hydrogen) atoms. The summed E-state index contributed by atoms with van der Waals surface area (Å²) in [6.07, 6.45) is 4.67. The number of para-hydroxylation sites is 2. The van der Waals surface area contributed by atoms with Crippen LogP contribution in [0.2, 0.25) is 0 Å². The van der Waals surface area contributed by atoms with Gasteiger partial charge in [-0.1, -0.05) is 41.6 Å². The number of carbonyl (C=O) groups is 2. The fourth-order valence-electron chi connectivity index (χ4n) is 3.97. The maximum absolute atomic E-state index is 12.3. The zero-order valence-corrected chi connectivity index (χ0v) is 18.5. The molecule has 0 saturated heterocycles. The van der Waals surface area contributed by atoms with Crippen molar-refractivity contribution < 1.29 is 14.1 Å². The lowest BCUT2D eigenvalue weighted by atomic mass is 10.1. The molecule has 172 valence electrons. The smallest absolute Gasteiger partial charge is 0.315 e. The number of amides is 2. The summed E-state index contributed by atoms with van der Waals surface area (Å²) in [5, 5.41) is 11.6.